The van der Waals surface area contributed by atoms with Crippen LogP contribution in [-0.4, -0.2) is 11.7 Å². The Morgan fingerprint density at radius 2 is 1.06 bits per heavy atom. The van der Waals surface area contributed by atoms with Crippen molar-refractivity contribution in [3.8, 4) is 11.1 Å². The lowest BCUT2D eigenvalue weighted by molar-refractivity contribution is 0.668. The molecule has 1 unspecified atom stereocenters. The normalized spacial score (nSPS) is 14.6. The molecule has 0 amide bonds. The van der Waals surface area contributed by atoms with Crippen molar-refractivity contribution in [2.75, 3.05) is 0 Å². The zero-order chi connectivity index (χ0) is 34.9. The van der Waals surface area contributed by atoms with Crippen LogP contribution in [-0.2, 0) is 0 Å². The van der Waals surface area contributed by atoms with Gasteiger partial charge in [-0.05, 0) is 90.6 Å². The van der Waals surface area contributed by atoms with Crippen molar-refractivity contribution in [3.05, 3.63) is 193 Å². The maximum atomic E-state index is 6.51. The molecule has 1 aliphatic rings. The number of hydrogen-bond acceptors (Lipinski definition) is 4. The number of benzene rings is 9. The van der Waals surface area contributed by atoms with Crippen molar-refractivity contribution in [2.24, 2.45) is 9.98 Å². The molecular formula is C49H31N3O. The van der Waals surface area contributed by atoms with E-state index in [2.05, 4.69) is 169 Å². The smallest absolute Gasteiger partial charge is 0.159 e. The van der Waals surface area contributed by atoms with Gasteiger partial charge in [0.15, 0.2) is 5.84 Å². The lowest BCUT2D eigenvalue weighted by Gasteiger charge is -2.26. The first kappa shape index (κ1) is 29.7. The lowest BCUT2D eigenvalue weighted by atomic mass is 9.92. The van der Waals surface area contributed by atoms with Gasteiger partial charge in [0.05, 0.1) is 0 Å². The Bertz CT molecular complexity index is 3170. The maximum Gasteiger partial charge on any atom is 0.159 e. The molecule has 11 rings (SSSR count). The summed E-state index contributed by atoms with van der Waals surface area (Å²) in [6.45, 7) is 0. The maximum absolute atomic E-state index is 6.51. The molecule has 0 aliphatic carbocycles. The number of para-hydroxylation sites is 1. The van der Waals surface area contributed by atoms with Crippen LogP contribution in [0.4, 0.5) is 0 Å². The van der Waals surface area contributed by atoms with Crippen LogP contribution < -0.4 is 5.32 Å². The van der Waals surface area contributed by atoms with Gasteiger partial charge in [0.1, 0.15) is 23.2 Å². The number of amidine groups is 2. The summed E-state index contributed by atoms with van der Waals surface area (Å²) in [5, 5.41) is 15.5. The minimum atomic E-state index is -0.420. The molecule has 0 fully saturated rings. The van der Waals surface area contributed by atoms with Crippen LogP contribution in [0.25, 0.3) is 76.2 Å². The predicted octanol–water partition coefficient (Wildman–Crippen LogP) is 12.4. The first-order chi connectivity index (χ1) is 26.2. The van der Waals surface area contributed by atoms with Gasteiger partial charge in [0.25, 0.3) is 0 Å². The summed E-state index contributed by atoms with van der Waals surface area (Å²) < 4.78 is 6.51. The number of nitrogens with one attached hydrogen (secondary N) is 1. The van der Waals surface area contributed by atoms with Gasteiger partial charge in [-0.2, -0.15) is 0 Å². The molecule has 4 heteroatoms. The molecule has 1 atom stereocenters. The van der Waals surface area contributed by atoms with E-state index in [4.69, 9.17) is 14.4 Å². The molecule has 0 spiro atoms. The zero-order valence-electron chi connectivity index (χ0n) is 28.6. The molecule has 0 radical (unpaired) electrons. The number of rotatable bonds is 4. The average molecular weight is 678 g/mol. The second kappa shape index (κ2) is 11.8. The minimum absolute atomic E-state index is 0.420. The van der Waals surface area contributed by atoms with Crippen LogP contribution in [0.2, 0.25) is 0 Å². The molecule has 9 aromatic carbocycles. The third kappa shape index (κ3) is 4.84. The van der Waals surface area contributed by atoms with E-state index in [1.807, 2.05) is 12.1 Å². The second-order valence-corrected chi connectivity index (χ2v) is 13.8. The molecule has 53 heavy (non-hydrogen) atoms. The molecule has 1 aliphatic heterocycles. The summed E-state index contributed by atoms with van der Waals surface area (Å²) >= 11 is 0. The van der Waals surface area contributed by atoms with E-state index in [1.165, 1.54) is 32.3 Å². The topological polar surface area (TPSA) is 49.9 Å². The van der Waals surface area contributed by atoms with Gasteiger partial charge in [0, 0.05) is 27.5 Å². The molecule has 248 valence electrons. The largest absolute Gasteiger partial charge is 0.456 e. The summed E-state index contributed by atoms with van der Waals surface area (Å²) in [7, 11) is 0. The number of aliphatic imine (C=N–C) groups is 2. The van der Waals surface area contributed by atoms with Gasteiger partial charge < -0.3 is 9.73 Å². The highest BCUT2D eigenvalue weighted by molar-refractivity contribution is 6.25. The van der Waals surface area contributed by atoms with Crippen molar-refractivity contribution < 1.29 is 4.42 Å². The lowest BCUT2D eigenvalue weighted by Crippen LogP contribution is -2.34. The molecule has 1 aromatic heterocycles. The molecule has 0 saturated carbocycles. The quantitative estimate of drug-likeness (QED) is 0.189. The Balaban J connectivity index is 1.20. The summed E-state index contributed by atoms with van der Waals surface area (Å²) in [6, 6.07) is 62.2. The van der Waals surface area contributed by atoms with Gasteiger partial charge in [-0.3, -0.25) is 0 Å². The fourth-order valence-corrected chi connectivity index (χ4v) is 8.16. The fourth-order valence-electron chi connectivity index (χ4n) is 8.16. The van der Waals surface area contributed by atoms with Crippen molar-refractivity contribution in [2.45, 2.75) is 6.17 Å². The summed E-state index contributed by atoms with van der Waals surface area (Å²) in [6.07, 6.45) is -0.420. The number of hydrogen-bond donors (Lipinski definition) is 1. The van der Waals surface area contributed by atoms with Crippen molar-refractivity contribution in [1.82, 2.24) is 5.32 Å². The molecule has 0 saturated heterocycles. The third-order valence-electron chi connectivity index (χ3n) is 10.7. The highest BCUT2D eigenvalue weighted by atomic mass is 16.3. The van der Waals surface area contributed by atoms with E-state index < -0.39 is 6.17 Å². The first-order valence-corrected chi connectivity index (χ1v) is 18.0. The van der Waals surface area contributed by atoms with E-state index in [1.54, 1.807) is 0 Å². The van der Waals surface area contributed by atoms with E-state index in [0.717, 1.165) is 66.4 Å². The number of nitrogens with zero attached hydrogens (tertiary/aromatic N) is 2. The van der Waals surface area contributed by atoms with Crippen LogP contribution in [0.5, 0.6) is 0 Å². The predicted molar refractivity (Wildman–Crippen MR) is 221 cm³/mol. The van der Waals surface area contributed by atoms with Crippen LogP contribution in [0, 0.1) is 0 Å². The monoisotopic (exact) mass is 677 g/mol. The standard InChI is InChI=1S/C49H31N3O/c1-3-13-32-27-35(23-21-30(32)11-1)38-25-26-44-45(41-19-9-10-20-43(41)53-44)46(38)49-51-47(36-24-22-31-12-2-4-14-33(31)28-36)50-48(52-49)42-29-34-15-5-6-16-37(34)39-17-7-8-18-40(39)42/h1-29,48H,(H,50,51,52). The van der Waals surface area contributed by atoms with Crippen LogP contribution in [0.1, 0.15) is 22.9 Å². The fraction of sp³-hybridized carbons (Fsp3) is 0.0204. The van der Waals surface area contributed by atoms with Crippen molar-refractivity contribution in [3.63, 3.8) is 0 Å². The van der Waals surface area contributed by atoms with Crippen LogP contribution in [0.3, 0.4) is 0 Å². The van der Waals surface area contributed by atoms with Gasteiger partial charge in [-0.15, -0.1) is 0 Å². The minimum Gasteiger partial charge on any atom is -0.456 e. The van der Waals surface area contributed by atoms with E-state index in [0.29, 0.717) is 5.84 Å². The third-order valence-corrected chi connectivity index (χ3v) is 10.7. The highest BCUT2D eigenvalue weighted by Crippen LogP contribution is 2.40. The summed E-state index contributed by atoms with van der Waals surface area (Å²) in [5.41, 5.74) is 6.90. The van der Waals surface area contributed by atoms with Crippen LogP contribution in [0.15, 0.2) is 190 Å². The van der Waals surface area contributed by atoms with E-state index in [-0.39, 0.29) is 0 Å². The number of furan rings is 1. The van der Waals surface area contributed by atoms with Crippen molar-refractivity contribution in [1.29, 1.82) is 0 Å². The zero-order valence-corrected chi connectivity index (χ0v) is 28.6. The molecule has 1 N–H and O–H groups in total. The average Bonchev–Trinajstić information content (AvgIpc) is 3.61. The first-order valence-electron chi connectivity index (χ1n) is 18.0. The Morgan fingerprint density at radius 1 is 0.453 bits per heavy atom. The van der Waals surface area contributed by atoms with Gasteiger partial charge >= 0.3 is 0 Å². The molecular weight excluding hydrogens is 647 g/mol. The van der Waals surface area contributed by atoms with Crippen LogP contribution >= 0.6 is 0 Å². The van der Waals surface area contributed by atoms with E-state index in [9.17, 15) is 0 Å². The molecule has 2 heterocycles. The Hall–Kier alpha value is -7.04. The molecule has 10 aromatic rings. The number of fused-ring (bicyclic) bond motifs is 8. The Morgan fingerprint density at radius 3 is 1.83 bits per heavy atom. The Kier molecular flexibility index (Phi) is 6.58. The molecule has 4 nitrogen and oxygen atoms in total. The second-order valence-electron chi connectivity index (χ2n) is 13.8. The Labute approximate surface area is 305 Å². The van der Waals surface area contributed by atoms with Crippen molar-refractivity contribution >= 4 is 76.7 Å². The SMILES string of the molecule is c1ccc2cc(C3=NC(c4cc5ccccc5c5ccccc45)NC(c4c(-c5ccc6ccccc6c5)ccc5oc6ccccc6c45)=N3)ccc2c1. The highest BCUT2D eigenvalue weighted by Gasteiger charge is 2.28. The summed E-state index contributed by atoms with van der Waals surface area (Å²) in [4.78, 5) is 10.9. The van der Waals surface area contributed by atoms with Gasteiger partial charge in [-0.25, -0.2) is 9.98 Å². The summed E-state index contributed by atoms with van der Waals surface area (Å²) in [5.74, 6) is 1.44. The van der Waals surface area contributed by atoms with Gasteiger partial charge in [0.2, 0.25) is 0 Å². The van der Waals surface area contributed by atoms with Gasteiger partial charge in [-0.1, -0.05) is 140 Å². The molecule has 0 bridgehead atoms. The van der Waals surface area contributed by atoms with E-state index >= 15 is 0 Å².